The number of aryl methyl sites for hydroxylation is 1. The Labute approximate surface area is 121 Å². The normalized spacial score (nSPS) is 11.4. The highest BCUT2D eigenvalue weighted by Crippen LogP contribution is 2.15. The van der Waals surface area contributed by atoms with Crippen LogP contribution < -0.4 is 10.5 Å². The number of nitrogens with zero attached hydrogens (tertiary/aromatic N) is 1. The summed E-state index contributed by atoms with van der Waals surface area (Å²) in [5, 5.41) is 0. The van der Waals surface area contributed by atoms with Crippen LogP contribution in [0.15, 0.2) is 24.3 Å². The van der Waals surface area contributed by atoms with Crippen LogP contribution in [-0.2, 0) is 4.79 Å². The minimum absolute atomic E-state index is 0. The Balaban J connectivity index is 0.00000324. The summed E-state index contributed by atoms with van der Waals surface area (Å²) in [4.78, 5) is 13.4. The molecule has 0 bridgehead atoms. The smallest absolute Gasteiger partial charge is 0.226 e. The molecular formula is C14H23ClN2O2. The fraction of sp³-hybridized carbons (Fsp3) is 0.500. The molecule has 2 N–H and O–H groups in total. The van der Waals surface area contributed by atoms with Crippen molar-refractivity contribution in [3.05, 3.63) is 29.8 Å². The lowest BCUT2D eigenvalue weighted by molar-refractivity contribution is -0.133. The van der Waals surface area contributed by atoms with E-state index >= 15 is 0 Å². The number of hydrogen-bond acceptors (Lipinski definition) is 3. The lowest BCUT2D eigenvalue weighted by Gasteiger charge is -2.20. The highest BCUT2D eigenvalue weighted by Gasteiger charge is 2.15. The summed E-state index contributed by atoms with van der Waals surface area (Å²) in [6, 6.07) is 7.84. The predicted molar refractivity (Wildman–Crippen MR) is 79.8 cm³/mol. The summed E-state index contributed by atoms with van der Waals surface area (Å²) in [7, 11) is 1.77. The number of rotatable bonds is 6. The molecule has 4 nitrogen and oxygen atoms in total. The van der Waals surface area contributed by atoms with Gasteiger partial charge in [-0.2, -0.15) is 0 Å². The Morgan fingerprint density at radius 3 is 2.63 bits per heavy atom. The van der Waals surface area contributed by atoms with Crippen LogP contribution in [0.1, 0.15) is 12.5 Å². The largest absolute Gasteiger partial charge is 0.491 e. The van der Waals surface area contributed by atoms with Gasteiger partial charge in [-0.05, 0) is 18.6 Å². The number of hydrogen-bond donors (Lipinski definition) is 1. The zero-order valence-electron chi connectivity index (χ0n) is 11.8. The maximum atomic E-state index is 11.8. The van der Waals surface area contributed by atoms with Gasteiger partial charge in [0.2, 0.25) is 5.91 Å². The number of carbonyl (C=O) groups is 1. The van der Waals surface area contributed by atoms with E-state index in [1.54, 1.807) is 11.9 Å². The van der Waals surface area contributed by atoms with E-state index in [2.05, 4.69) is 0 Å². The minimum atomic E-state index is -0.131. The van der Waals surface area contributed by atoms with Crippen molar-refractivity contribution in [1.82, 2.24) is 4.90 Å². The van der Waals surface area contributed by atoms with E-state index in [-0.39, 0.29) is 24.2 Å². The summed E-state index contributed by atoms with van der Waals surface area (Å²) in [5.74, 6) is 0.796. The molecule has 1 amide bonds. The Hall–Kier alpha value is -1.26. The number of para-hydroxylation sites is 1. The average molecular weight is 287 g/mol. The van der Waals surface area contributed by atoms with Crippen LogP contribution in [0.2, 0.25) is 0 Å². The number of halogens is 1. The molecule has 19 heavy (non-hydrogen) atoms. The first-order valence-corrected chi connectivity index (χ1v) is 6.19. The molecule has 1 aromatic rings. The number of ether oxygens (including phenoxy) is 1. The van der Waals surface area contributed by atoms with Crippen molar-refractivity contribution in [2.24, 2.45) is 11.7 Å². The molecule has 0 saturated carbocycles. The first kappa shape index (κ1) is 17.7. The van der Waals surface area contributed by atoms with Crippen LogP contribution in [-0.4, -0.2) is 37.6 Å². The van der Waals surface area contributed by atoms with Crippen molar-refractivity contribution in [1.29, 1.82) is 0 Å². The SMILES string of the molecule is Cc1ccccc1OCCN(C)C(=O)C(C)CN.Cl. The molecule has 0 spiro atoms. The van der Waals surface area contributed by atoms with Crippen LogP contribution in [0.5, 0.6) is 5.75 Å². The van der Waals surface area contributed by atoms with Gasteiger partial charge in [0, 0.05) is 19.5 Å². The monoisotopic (exact) mass is 286 g/mol. The molecule has 0 fully saturated rings. The number of benzene rings is 1. The molecule has 1 atom stereocenters. The summed E-state index contributed by atoms with van der Waals surface area (Å²) in [6.07, 6.45) is 0. The van der Waals surface area contributed by atoms with Crippen LogP contribution in [0.25, 0.3) is 0 Å². The van der Waals surface area contributed by atoms with E-state index in [0.29, 0.717) is 19.7 Å². The van der Waals surface area contributed by atoms with Crippen molar-refractivity contribution in [2.75, 3.05) is 26.7 Å². The van der Waals surface area contributed by atoms with Gasteiger partial charge in [0.05, 0.1) is 6.54 Å². The second kappa shape index (κ2) is 8.77. The second-order valence-corrected chi connectivity index (χ2v) is 4.51. The zero-order valence-corrected chi connectivity index (χ0v) is 12.6. The minimum Gasteiger partial charge on any atom is -0.491 e. The third-order valence-corrected chi connectivity index (χ3v) is 2.93. The van der Waals surface area contributed by atoms with E-state index in [9.17, 15) is 4.79 Å². The molecule has 0 aliphatic carbocycles. The lowest BCUT2D eigenvalue weighted by Crippen LogP contribution is -2.37. The van der Waals surface area contributed by atoms with Gasteiger partial charge in [-0.1, -0.05) is 25.1 Å². The molecule has 5 heteroatoms. The molecule has 0 saturated heterocycles. The third-order valence-electron chi connectivity index (χ3n) is 2.93. The van der Waals surface area contributed by atoms with Gasteiger partial charge in [0.1, 0.15) is 12.4 Å². The van der Waals surface area contributed by atoms with Crippen molar-refractivity contribution in [3.8, 4) is 5.75 Å². The zero-order chi connectivity index (χ0) is 13.5. The number of likely N-dealkylation sites (N-methyl/N-ethyl adjacent to an activating group) is 1. The quantitative estimate of drug-likeness (QED) is 0.868. The molecule has 0 aliphatic rings. The Morgan fingerprint density at radius 1 is 1.42 bits per heavy atom. The molecule has 0 aromatic heterocycles. The van der Waals surface area contributed by atoms with E-state index in [0.717, 1.165) is 11.3 Å². The third kappa shape index (κ3) is 5.49. The van der Waals surface area contributed by atoms with Crippen molar-refractivity contribution < 1.29 is 9.53 Å². The van der Waals surface area contributed by atoms with E-state index in [1.165, 1.54) is 0 Å². The van der Waals surface area contributed by atoms with Gasteiger partial charge in [0.25, 0.3) is 0 Å². The van der Waals surface area contributed by atoms with Crippen LogP contribution in [0.3, 0.4) is 0 Å². The lowest BCUT2D eigenvalue weighted by atomic mass is 10.1. The molecule has 108 valence electrons. The second-order valence-electron chi connectivity index (χ2n) is 4.51. The number of carbonyl (C=O) groups excluding carboxylic acids is 1. The van der Waals surface area contributed by atoms with Gasteiger partial charge in [-0.15, -0.1) is 12.4 Å². The summed E-state index contributed by atoms with van der Waals surface area (Å²) < 4.78 is 5.65. The van der Waals surface area contributed by atoms with Crippen LogP contribution in [0.4, 0.5) is 0 Å². The molecule has 0 aliphatic heterocycles. The average Bonchev–Trinajstić information content (AvgIpc) is 2.39. The van der Waals surface area contributed by atoms with Crippen molar-refractivity contribution >= 4 is 18.3 Å². The van der Waals surface area contributed by atoms with Gasteiger partial charge in [0.15, 0.2) is 0 Å². The Kier molecular flexibility index (Phi) is 8.19. The molecule has 1 aromatic carbocycles. The number of nitrogens with two attached hydrogens (primary N) is 1. The first-order chi connectivity index (χ1) is 8.56. The molecule has 0 radical (unpaired) electrons. The Morgan fingerprint density at radius 2 is 2.05 bits per heavy atom. The molecule has 1 unspecified atom stereocenters. The van der Waals surface area contributed by atoms with Crippen molar-refractivity contribution in [2.45, 2.75) is 13.8 Å². The predicted octanol–water partition coefficient (Wildman–Crippen LogP) is 1.85. The van der Waals surface area contributed by atoms with Crippen LogP contribution >= 0.6 is 12.4 Å². The van der Waals surface area contributed by atoms with E-state index in [1.807, 2.05) is 38.1 Å². The topological polar surface area (TPSA) is 55.6 Å². The maximum Gasteiger partial charge on any atom is 0.226 e. The van der Waals surface area contributed by atoms with Gasteiger partial charge < -0.3 is 15.4 Å². The molecule has 1 rings (SSSR count). The summed E-state index contributed by atoms with van der Waals surface area (Å²) in [5.41, 5.74) is 6.57. The fourth-order valence-electron chi connectivity index (χ4n) is 1.60. The Bertz CT molecular complexity index is 399. The number of amides is 1. The fourth-order valence-corrected chi connectivity index (χ4v) is 1.60. The van der Waals surface area contributed by atoms with E-state index < -0.39 is 0 Å². The van der Waals surface area contributed by atoms with Gasteiger partial charge in [-0.3, -0.25) is 4.79 Å². The van der Waals surface area contributed by atoms with Gasteiger partial charge >= 0.3 is 0 Å². The summed E-state index contributed by atoms with van der Waals surface area (Å²) in [6.45, 7) is 5.27. The van der Waals surface area contributed by atoms with Gasteiger partial charge in [-0.25, -0.2) is 0 Å². The first-order valence-electron chi connectivity index (χ1n) is 6.19. The standard InChI is InChI=1S/C14H22N2O2.ClH/c1-11-6-4-5-7-13(11)18-9-8-16(3)14(17)12(2)10-15;/h4-7,12H,8-10,15H2,1-3H3;1H. The molecule has 0 heterocycles. The maximum absolute atomic E-state index is 11.8. The van der Waals surface area contributed by atoms with Crippen molar-refractivity contribution in [3.63, 3.8) is 0 Å². The summed E-state index contributed by atoms with van der Waals surface area (Å²) >= 11 is 0. The molecular weight excluding hydrogens is 264 g/mol. The van der Waals surface area contributed by atoms with Crippen LogP contribution in [0, 0.1) is 12.8 Å². The highest BCUT2D eigenvalue weighted by atomic mass is 35.5. The van der Waals surface area contributed by atoms with E-state index in [4.69, 9.17) is 10.5 Å². The highest BCUT2D eigenvalue weighted by molar-refractivity contribution is 5.85.